The summed E-state index contributed by atoms with van der Waals surface area (Å²) in [5.41, 5.74) is 7.94. The van der Waals surface area contributed by atoms with E-state index in [0.717, 1.165) is 11.3 Å². The summed E-state index contributed by atoms with van der Waals surface area (Å²) >= 11 is 1.67. The van der Waals surface area contributed by atoms with Gasteiger partial charge in [-0.1, -0.05) is 12.1 Å². The van der Waals surface area contributed by atoms with E-state index in [1.165, 1.54) is 6.20 Å². The Bertz CT molecular complexity index is 692. The normalized spacial score (nSPS) is 11.6. The molecule has 2 amide bonds. The van der Waals surface area contributed by atoms with E-state index >= 15 is 0 Å². The molecule has 25 heavy (non-hydrogen) atoms. The molecule has 0 radical (unpaired) electrons. The Morgan fingerprint density at radius 2 is 2.00 bits per heavy atom. The molecule has 0 aliphatic carbocycles. The molecule has 1 heterocycles. The molecule has 0 bridgehead atoms. The largest absolute Gasteiger partial charge is 0.351 e. The van der Waals surface area contributed by atoms with Gasteiger partial charge in [0.25, 0.3) is 5.91 Å². The van der Waals surface area contributed by atoms with Crippen LogP contribution < -0.4 is 16.4 Å². The maximum atomic E-state index is 12.1. The number of carbonyl (C=O) groups is 2. The Morgan fingerprint density at radius 3 is 2.64 bits per heavy atom. The van der Waals surface area contributed by atoms with Gasteiger partial charge in [0.2, 0.25) is 5.91 Å². The van der Waals surface area contributed by atoms with Crippen LogP contribution in [0, 0.1) is 0 Å². The van der Waals surface area contributed by atoms with Crippen molar-refractivity contribution >= 4 is 29.3 Å². The summed E-state index contributed by atoms with van der Waals surface area (Å²) < 4.78 is 0. The third-order valence-corrected chi connectivity index (χ3v) is 4.22. The lowest BCUT2D eigenvalue weighted by Crippen LogP contribution is -2.40. The molecular formula is C18H22N4O2S. The topological polar surface area (TPSA) is 97.1 Å². The summed E-state index contributed by atoms with van der Waals surface area (Å²) in [7, 11) is 0. The predicted octanol–water partition coefficient (Wildman–Crippen LogP) is 2.03. The number of hydrogen-bond acceptors (Lipinski definition) is 5. The Morgan fingerprint density at radius 1 is 1.24 bits per heavy atom. The lowest BCUT2D eigenvalue weighted by Gasteiger charge is -2.12. The van der Waals surface area contributed by atoms with E-state index in [9.17, 15) is 9.59 Å². The summed E-state index contributed by atoms with van der Waals surface area (Å²) in [5, 5.41) is 5.63. The quantitative estimate of drug-likeness (QED) is 0.671. The van der Waals surface area contributed by atoms with Crippen LogP contribution in [-0.4, -0.2) is 34.8 Å². The van der Waals surface area contributed by atoms with Gasteiger partial charge >= 0.3 is 0 Å². The fraction of sp³-hybridized carbons (Fsp3) is 0.278. The number of rotatable bonds is 8. The highest BCUT2D eigenvalue weighted by Crippen LogP contribution is 2.11. The van der Waals surface area contributed by atoms with Crippen molar-refractivity contribution in [3.63, 3.8) is 0 Å². The van der Waals surface area contributed by atoms with Crippen LogP contribution in [0.1, 0.15) is 22.3 Å². The summed E-state index contributed by atoms with van der Waals surface area (Å²) in [4.78, 5) is 27.9. The Kier molecular flexibility index (Phi) is 7.43. The van der Waals surface area contributed by atoms with Gasteiger partial charge in [-0.25, -0.2) is 0 Å². The zero-order valence-electron chi connectivity index (χ0n) is 14.1. The molecule has 0 saturated heterocycles. The lowest BCUT2D eigenvalue weighted by atomic mass is 10.1. The molecule has 0 saturated carbocycles. The molecule has 1 aromatic heterocycles. The Balaban J connectivity index is 1.83. The molecule has 0 aliphatic rings. The SMILES string of the molecule is CSCC[C@H](N)C(=O)NCc1ccc(NC(=O)c2cccnc2)cc1. The fourth-order valence-corrected chi connectivity index (χ4v) is 2.59. The van der Waals surface area contributed by atoms with Gasteiger partial charge in [0.1, 0.15) is 0 Å². The van der Waals surface area contributed by atoms with Crippen molar-refractivity contribution in [3.05, 3.63) is 59.9 Å². The number of benzene rings is 1. The number of anilines is 1. The average molecular weight is 358 g/mol. The van der Waals surface area contributed by atoms with E-state index < -0.39 is 6.04 Å². The molecule has 1 atom stereocenters. The number of thioether (sulfide) groups is 1. The number of amides is 2. The van der Waals surface area contributed by atoms with Crippen molar-refractivity contribution in [2.45, 2.75) is 19.0 Å². The van der Waals surface area contributed by atoms with Crippen molar-refractivity contribution in [3.8, 4) is 0 Å². The van der Waals surface area contributed by atoms with Gasteiger partial charge < -0.3 is 16.4 Å². The highest BCUT2D eigenvalue weighted by molar-refractivity contribution is 7.98. The predicted molar refractivity (Wildman–Crippen MR) is 101 cm³/mol. The van der Waals surface area contributed by atoms with Gasteiger partial charge in [-0.2, -0.15) is 11.8 Å². The zero-order valence-corrected chi connectivity index (χ0v) is 14.9. The Hall–Kier alpha value is -2.38. The van der Waals surface area contributed by atoms with Gasteiger partial charge in [-0.05, 0) is 48.3 Å². The second-order valence-electron chi connectivity index (χ2n) is 5.50. The molecule has 0 unspecified atom stereocenters. The first kappa shape index (κ1) is 19.0. The third kappa shape index (κ3) is 6.21. The molecule has 2 rings (SSSR count). The van der Waals surface area contributed by atoms with E-state index in [0.29, 0.717) is 24.2 Å². The van der Waals surface area contributed by atoms with Crippen molar-refractivity contribution in [2.75, 3.05) is 17.3 Å². The van der Waals surface area contributed by atoms with Crippen LogP contribution in [0.5, 0.6) is 0 Å². The molecule has 2 aromatic rings. The standard InChI is InChI=1S/C18H22N4O2S/c1-25-10-8-16(19)18(24)21-11-13-4-6-15(7-5-13)22-17(23)14-3-2-9-20-12-14/h2-7,9,12,16H,8,10-11,19H2,1H3,(H,21,24)(H,22,23)/t16-/m0/s1. The van der Waals surface area contributed by atoms with Gasteiger partial charge in [-0.3, -0.25) is 14.6 Å². The number of nitrogens with two attached hydrogens (primary N) is 1. The molecule has 132 valence electrons. The second kappa shape index (κ2) is 9.80. The minimum absolute atomic E-state index is 0.150. The number of carbonyl (C=O) groups excluding carboxylic acids is 2. The van der Waals surface area contributed by atoms with Gasteiger partial charge in [-0.15, -0.1) is 0 Å². The van der Waals surface area contributed by atoms with Crippen molar-refractivity contribution in [1.82, 2.24) is 10.3 Å². The van der Waals surface area contributed by atoms with E-state index in [1.807, 2.05) is 18.4 Å². The van der Waals surface area contributed by atoms with Crippen LogP contribution in [0.4, 0.5) is 5.69 Å². The lowest BCUT2D eigenvalue weighted by molar-refractivity contribution is -0.122. The van der Waals surface area contributed by atoms with Crippen LogP contribution in [-0.2, 0) is 11.3 Å². The molecule has 0 aliphatic heterocycles. The summed E-state index contributed by atoms with van der Waals surface area (Å²) in [6, 6.07) is 10.2. The number of nitrogens with one attached hydrogen (secondary N) is 2. The number of pyridine rings is 1. The van der Waals surface area contributed by atoms with E-state index in [-0.39, 0.29) is 11.8 Å². The smallest absolute Gasteiger partial charge is 0.257 e. The third-order valence-electron chi connectivity index (χ3n) is 3.57. The molecule has 4 N–H and O–H groups in total. The monoisotopic (exact) mass is 358 g/mol. The van der Waals surface area contributed by atoms with Crippen LogP contribution in [0.3, 0.4) is 0 Å². The van der Waals surface area contributed by atoms with Crippen molar-refractivity contribution in [1.29, 1.82) is 0 Å². The highest BCUT2D eigenvalue weighted by atomic mass is 32.2. The first-order chi connectivity index (χ1) is 12.1. The highest BCUT2D eigenvalue weighted by Gasteiger charge is 2.12. The van der Waals surface area contributed by atoms with E-state index in [2.05, 4.69) is 15.6 Å². The van der Waals surface area contributed by atoms with Crippen molar-refractivity contribution < 1.29 is 9.59 Å². The molecule has 7 heteroatoms. The van der Waals surface area contributed by atoms with Gasteiger partial charge in [0.05, 0.1) is 11.6 Å². The maximum absolute atomic E-state index is 12.1. The first-order valence-electron chi connectivity index (χ1n) is 7.92. The summed E-state index contributed by atoms with van der Waals surface area (Å²) in [6.07, 6.45) is 5.78. The molecule has 1 aromatic carbocycles. The first-order valence-corrected chi connectivity index (χ1v) is 9.32. The Labute approximate surface area is 151 Å². The number of hydrogen-bond donors (Lipinski definition) is 3. The van der Waals surface area contributed by atoms with Gasteiger partial charge in [0.15, 0.2) is 0 Å². The molecule has 0 spiro atoms. The van der Waals surface area contributed by atoms with Crippen LogP contribution in [0.2, 0.25) is 0 Å². The minimum atomic E-state index is -0.481. The molecule has 0 fully saturated rings. The van der Waals surface area contributed by atoms with E-state index in [1.54, 1.807) is 42.2 Å². The zero-order chi connectivity index (χ0) is 18.1. The second-order valence-corrected chi connectivity index (χ2v) is 6.48. The van der Waals surface area contributed by atoms with E-state index in [4.69, 9.17) is 5.73 Å². The van der Waals surface area contributed by atoms with Crippen LogP contribution >= 0.6 is 11.8 Å². The molecular weight excluding hydrogens is 336 g/mol. The van der Waals surface area contributed by atoms with Crippen molar-refractivity contribution in [2.24, 2.45) is 5.73 Å². The van der Waals surface area contributed by atoms with Crippen LogP contribution in [0.25, 0.3) is 0 Å². The minimum Gasteiger partial charge on any atom is -0.351 e. The average Bonchev–Trinajstić information content (AvgIpc) is 2.65. The van der Waals surface area contributed by atoms with Gasteiger partial charge in [0, 0.05) is 24.6 Å². The molecule has 6 nitrogen and oxygen atoms in total. The summed E-state index contributed by atoms with van der Waals surface area (Å²) in [6.45, 7) is 0.405. The number of aromatic nitrogens is 1. The fourth-order valence-electron chi connectivity index (χ4n) is 2.10. The maximum Gasteiger partial charge on any atom is 0.257 e. The van der Waals surface area contributed by atoms with Crippen LogP contribution in [0.15, 0.2) is 48.8 Å². The number of nitrogens with zero attached hydrogens (tertiary/aromatic N) is 1. The summed E-state index contributed by atoms with van der Waals surface area (Å²) in [5.74, 6) is 0.497.